The minimum Gasteiger partial charge on any atom is -0.504 e. The van der Waals surface area contributed by atoms with Crippen molar-refractivity contribution in [2.24, 2.45) is 0 Å². The molecule has 1 aromatic heterocycles. The van der Waals surface area contributed by atoms with Crippen LogP contribution in [0.2, 0.25) is 5.02 Å². The molecule has 2 aromatic rings. The first kappa shape index (κ1) is 18.4. The fourth-order valence-electron chi connectivity index (χ4n) is 2.19. The number of rotatable bonds is 6. The van der Waals surface area contributed by atoms with E-state index >= 15 is 0 Å². The molecule has 128 valence electrons. The Morgan fingerprint density at radius 2 is 2.04 bits per heavy atom. The van der Waals surface area contributed by atoms with E-state index in [-0.39, 0.29) is 30.7 Å². The molecule has 1 N–H and O–H groups in total. The number of Topliss-reactive ketones (excluding diaryl/α,β-unsaturated/α-hetero) is 1. The Balaban J connectivity index is 2.39. The summed E-state index contributed by atoms with van der Waals surface area (Å²) in [4.78, 5) is 27.9. The van der Waals surface area contributed by atoms with Gasteiger partial charge in [-0.05, 0) is 19.1 Å². The summed E-state index contributed by atoms with van der Waals surface area (Å²) in [6, 6.07) is 10.0. The summed E-state index contributed by atoms with van der Waals surface area (Å²) in [7, 11) is 0. The second kappa shape index (κ2) is 8.27. The summed E-state index contributed by atoms with van der Waals surface area (Å²) in [5, 5.41) is 19.7. The normalized spacial score (nSPS) is 10.1. The van der Waals surface area contributed by atoms with Crippen LogP contribution in [0, 0.1) is 11.3 Å². The van der Waals surface area contributed by atoms with Crippen LogP contribution in [0.4, 0.5) is 0 Å². The number of ether oxygens (including phenoxy) is 1. The van der Waals surface area contributed by atoms with Gasteiger partial charge < -0.3 is 9.84 Å². The van der Waals surface area contributed by atoms with Gasteiger partial charge >= 0.3 is 5.97 Å². The van der Waals surface area contributed by atoms with E-state index in [1.54, 1.807) is 31.2 Å². The maximum Gasteiger partial charge on any atom is 0.306 e. The van der Waals surface area contributed by atoms with Gasteiger partial charge in [0.25, 0.3) is 0 Å². The van der Waals surface area contributed by atoms with Crippen molar-refractivity contribution in [1.29, 1.82) is 5.26 Å². The van der Waals surface area contributed by atoms with Crippen LogP contribution in [0.1, 0.15) is 35.8 Å². The van der Waals surface area contributed by atoms with Crippen LogP contribution in [0.3, 0.4) is 0 Å². The molecule has 0 aliphatic rings. The van der Waals surface area contributed by atoms with Gasteiger partial charge in [-0.1, -0.05) is 29.8 Å². The van der Waals surface area contributed by atoms with E-state index in [1.165, 1.54) is 6.07 Å². The highest BCUT2D eigenvalue weighted by molar-refractivity contribution is 6.33. The third-order valence-corrected chi connectivity index (χ3v) is 3.72. The Hall–Kier alpha value is -2.91. The third kappa shape index (κ3) is 4.34. The van der Waals surface area contributed by atoms with Crippen LogP contribution in [0.25, 0.3) is 11.3 Å². The molecular weight excluding hydrogens is 344 g/mol. The number of benzene rings is 1. The van der Waals surface area contributed by atoms with E-state index in [0.29, 0.717) is 16.3 Å². The lowest BCUT2D eigenvalue weighted by molar-refractivity contribution is -0.143. The lowest BCUT2D eigenvalue weighted by Crippen LogP contribution is -2.10. The summed E-state index contributed by atoms with van der Waals surface area (Å²) in [6.07, 6.45) is -0.317. The number of carbonyl (C=O) groups excluding carboxylic acids is 2. The number of halogens is 1. The number of nitriles is 1. The summed E-state index contributed by atoms with van der Waals surface area (Å²) in [5.41, 5.74) is 0.460. The Kier molecular flexibility index (Phi) is 6.09. The molecule has 0 radical (unpaired) electrons. The molecule has 1 heterocycles. The number of nitrogens with zero attached hydrogens (tertiary/aromatic N) is 2. The standard InChI is InChI=1S/C18H15ClN2O4/c1-2-25-16(23)8-7-15(22)17-18(24)11(10-20)9-14(21-17)12-5-3-4-6-13(12)19/h3-6,9,24H,2,7-8H2,1H3. The topological polar surface area (TPSA) is 100 Å². The van der Waals surface area contributed by atoms with E-state index in [9.17, 15) is 20.0 Å². The summed E-state index contributed by atoms with van der Waals surface area (Å²) in [6.45, 7) is 1.89. The van der Waals surface area contributed by atoms with E-state index < -0.39 is 17.5 Å². The predicted octanol–water partition coefficient (Wildman–Crippen LogP) is 3.51. The average Bonchev–Trinajstić information content (AvgIpc) is 2.60. The summed E-state index contributed by atoms with van der Waals surface area (Å²) in [5.74, 6) is -1.58. The molecule has 0 fully saturated rings. The van der Waals surface area contributed by atoms with Crippen molar-refractivity contribution >= 4 is 23.4 Å². The number of hydrogen-bond donors (Lipinski definition) is 1. The maximum absolute atomic E-state index is 12.3. The fourth-order valence-corrected chi connectivity index (χ4v) is 2.42. The molecule has 0 saturated heterocycles. The zero-order valence-electron chi connectivity index (χ0n) is 13.5. The van der Waals surface area contributed by atoms with Crippen molar-refractivity contribution in [3.63, 3.8) is 0 Å². The highest BCUT2D eigenvalue weighted by atomic mass is 35.5. The molecule has 6 nitrogen and oxygen atoms in total. The van der Waals surface area contributed by atoms with Crippen molar-refractivity contribution in [2.75, 3.05) is 6.61 Å². The second-order valence-corrected chi connectivity index (χ2v) is 5.48. The van der Waals surface area contributed by atoms with Gasteiger partial charge in [0, 0.05) is 17.0 Å². The van der Waals surface area contributed by atoms with Gasteiger partial charge in [-0.25, -0.2) is 4.98 Å². The van der Waals surface area contributed by atoms with Gasteiger partial charge in [-0.3, -0.25) is 9.59 Å². The molecule has 0 atom stereocenters. The second-order valence-electron chi connectivity index (χ2n) is 5.07. The molecule has 0 spiro atoms. The van der Waals surface area contributed by atoms with Gasteiger partial charge in [0.05, 0.1) is 24.3 Å². The average molecular weight is 359 g/mol. The van der Waals surface area contributed by atoms with E-state index in [1.807, 2.05) is 6.07 Å². The van der Waals surface area contributed by atoms with Gasteiger partial charge in [0.2, 0.25) is 0 Å². The van der Waals surface area contributed by atoms with E-state index in [0.717, 1.165) is 0 Å². The first-order chi connectivity index (χ1) is 12.0. The minimum atomic E-state index is -0.559. The number of aromatic nitrogens is 1. The zero-order chi connectivity index (χ0) is 18.4. The molecule has 0 bridgehead atoms. The van der Waals surface area contributed by atoms with Crippen molar-refractivity contribution in [3.05, 3.63) is 46.6 Å². The molecule has 0 aliphatic heterocycles. The number of pyridine rings is 1. The molecule has 25 heavy (non-hydrogen) atoms. The van der Waals surface area contributed by atoms with Crippen LogP contribution >= 0.6 is 11.6 Å². The lowest BCUT2D eigenvalue weighted by Gasteiger charge is -2.09. The van der Waals surface area contributed by atoms with Crippen LogP contribution < -0.4 is 0 Å². The Labute approximate surface area is 149 Å². The lowest BCUT2D eigenvalue weighted by atomic mass is 10.0. The first-order valence-corrected chi connectivity index (χ1v) is 7.93. The predicted molar refractivity (Wildman–Crippen MR) is 91.3 cm³/mol. The van der Waals surface area contributed by atoms with Crippen molar-refractivity contribution in [1.82, 2.24) is 4.98 Å². The van der Waals surface area contributed by atoms with Gasteiger partial charge in [-0.2, -0.15) is 5.26 Å². The van der Waals surface area contributed by atoms with E-state index in [2.05, 4.69) is 4.98 Å². The Bertz CT molecular complexity index is 859. The van der Waals surface area contributed by atoms with Crippen LogP contribution in [0.5, 0.6) is 5.75 Å². The number of ketones is 1. The van der Waals surface area contributed by atoms with Gasteiger partial charge in [0.15, 0.2) is 11.5 Å². The van der Waals surface area contributed by atoms with Crippen molar-refractivity contribution in [3.8, 4) is 23.1 Å². The first-order valence-electron chi connectivity index (χ1n) is 7.55. The van der Waals surface area contributed by atoms with Gasteiger partial charge in [-0.15, -0.1) is 0 Å². The molecular formula is C18H15ClN2O4. The Morgan fingerprint density at radius 3 is 2.68 bits per heavy atom. The number of aromatic hydroxyl groups is 1. The van der Waals surface area contributed by atoms with Crippen LogP contribution in [-0.2, 0) is 9.53 Å². The highest BCUT2D eigenvalue weighted by Crippen LogP contribution is 2.31. The zero-order valence-corrected chi connectivity index (χ0v) is 14.2. The fraction of sp³-hybridized carbons (Fsp3) is 0.222. The molecule has 0 saturated carbocycles. The number of esters is 1. The highest BCUT2D eigenvalue weighted by Gasteiger charge is 2.20. The summed E-state index contributed by atoms with van der Waals surface area (Å²) >= 11 is 6.13. The number of carbonyl (C=O) groups is 2. The van der Waals surface area contributed by atoms with Crippen LogP contribution in [-0.4, -0.2) is 28.4 Å². The Morgan fingerprint density at radius 1 is 1.32 bits per heavy atom. The third-order valence-electron chi connectivity index (χ3n) is 3.39. The molecule has 7 heteroatoms. The van der Waals surface area contributed by atoms with Crippen LogP contribution in [0.15, 0.2) is 30.3 Å². The molecule has 1 aromatic carbocycles. The van der Waals surface area contributed by atoms with Crippen molar-refractivity contribution < 1.29 is 19.4 Å². The van der Waals surface area contributed by atoms with E-state index in [4.69, 9.17) is 16.3 Å². The minimum absolute atomic E-state index is 0.0931. The maximum atomic E-state index is 12.3. The smallest absolute Gasteiger partial charge is 0.306 e. The molecule has 0 aliphatic carbocycles. The monoisotopic (exact) mass is 358 g/mol. The number of hydrogen-bond acceptors (Lipinski definition) is 6. The van der Waals surface area contributed by atoms with Crippen molar-refractivity contribution in [2.45, 2.75) is 19.8 Å². The SMILES string of the molecule is CCOC(=O)CCC(=O)c1nc(-c2ccccc2Cl)cc(C#N)c1O. The molecule has 0 unspecified atom stereocenters. The largest absolute Gasteiger partial charge is 0.504 e. The summed E-state index contributed by atoms with van der Waals surface area (Å²) < 4.78 is 4.77. The quantitative estimate of drug-likeness (QED) is 0.626. The van der Waals surface area contributed by atoms with Gasteiger partial charge in [0.1, 0.15) is 11.8 Å². The molecule has 2 rings (SSSR count). The molecule has 0 amide bonds.